The van der Waals surface area contributed by atoms with E-state index in [1.807, 2.05) is 5.38 Å². The van der Waals surface area contributed by atoms with Gasteiger partial charge in [-0.15, -0.1) is 11.3 Å². The Kier molecular flexibility index (Phi) is 6.03. The Balaban J connectivity index is 2.01. The van der Waals surface area contributed by atoms with E-state index in [4.69, 9.17) is 33.3 Å². The van der Waals surface area contributed by atoms with Crippen LogP contribution >= 0.6 is 35.2 Å². The van der Waals surface area contributed by atoms with E-state index in [1.54, 1.807) is 24.3 Å². The fraction of sp³-hybridized carbons (Fsp3) is 0.143. The van der Waals surface area contributed by atoms with Crippen LogP contribution in [-0.2, 0) is 0 Å². The first kappa shape index (κ1) is 17.3. The molecule has 2 aromatic rings. The second kappa shape index (κ2) is 8.00. The van der Waals surface area contributed by atoms with E-state index in [1.165, 1.54) is 25.6 Å². The van der Waals surface area contributed by atoms with Crippen LogP contribution in [0.1, 0.15) is 9.67 Å². The largest absolute Gasteiger partial charge is 0.495 e. The second-order valence-corrected chi connectivity index (χ2v) is 5.96. The SMILES string of the molecule is COc1cc(NC(=S)NNC(=O)c2cccs2)c(OC)cc1Cl. The van der Waals surface area contributed by atoms with Crippen LogP contribution in [0.4, 0.5) is 5.69 Å². The van der Waals surface area contributed by atoms with Crippen LogP contribution in [0.15, 0.2) is 29.6 Å². The van der Waals surface area contributed by atoms with Crippen molar-refractivity contribution >= 4 is 51.9 Å². The van der Waals surface area contributed by atoms with Gasteiger partial charge in [-0.25, -0.2) is 0 Å². The first-order valence-electron chi connectivity index (χ1n) is 6.37. The molecule has 0 saturated heterocycles. The minimum absolute atomic E-state index is 0.192. The first-order valence-corrected chi connectivity index (χ1v) is 8.04. The van der Waals surface area contributed by atoms with E-state index in [0.29, 0.717) is 27.1 Å². The molecule has 23 heavy (non-hydrogen) atoms. The Morgan fingerprint density at radius 1 is 1.22 bits per heavy atom. The second-order valence-electron chi connectivity index (χ2n) is 4.20. The van der Waals surface area contributed by atoms with Crippen molar-refractivity contribution in [1.29, 1.82) is 0 Å². The summed E-state index contributed by atoms with van der Waals surface area (Å²) < 4.78 is 10.4. The lowest BCUT2D eigenvalue weighted by atomic mass is 10.2. The third-order valence-corrected chi connectivity index (χ3v) is 4.12. The molecule has 0 saturated carbocycles. The van der Waals surface area contributed by atoms with E-state index in [0.717, 1.165) is 0 Å². The summed E-state index contributed by atoms with van der Waals surface area (Å²) in [5.74, 6) is 0.690. The van der Waals surface area contributed by atoms with Gasteiger partial charge in [0, 0.05) is 12.1 Å². The minimum atomic E-state index is -0.273. The summed E-state index contributed by atoms with van der Waals surface area (Å²) in [6.07, 6.45) is 0. The zero-order valence-electron chi connectivity index (χ0n) is 12.3. The number of hydrogen-bond donors (Lipinski definition) is 3. The number of amides is 1. The van der Waals surface area contributed by atoms with Crippen LogP contribution in [0.3, 0.4) is 0 Å². The number of carbonyl (C=O) groups is 1. The number of ether oxygens (including phenoxy) is 2. The van der Waals surface area contributed by atoms with Crippen molar-refractivity contribution < 1.29 is 14.3 Å². The lowest BCUT2D eigenvalue weighted by molar-refractivity contribution is 0.0948. The molecule has 0 fully saturated rings. The number of hydrogen-bond acceptors (Lipinski definition) is 5. The molecular weight excluding hydrogens is 358 g/mol. The first-order chi connectivity index (χ1) is 11.0. The van der Waals surface area contributed by atoms with Crippen LogP contribution in [0, 0.1) is 0 Å². The maximum absolute atomic E-state index is 11.8. The summed E-state index contributed by atoms with van der Waals surface area (Å²) in [6, 6.07) is 6.76. The maximum atomic E-state index is 11.8. The van der Waals surface area contributed by atoms with E-state index in [2.05, 4.69) is 16.2 Å². The van der Waals surface area contributed by atoms with E-state index < -0.39 is 0 Å². The molecule has 9 heteroatoms. The van der Waals surface area contributed by atoms with Gasteiger partial charge in [0.05, 0.1) is 29.8 Å². The molecule has 0 spiro atoms. The number of thiophene rings is 1. The normalized spacial score (nSPS) is 9.87. The van der Waals surface area contributed by atoms with Crippen molar-refractivity contribution in [1.82, 2.24) is 10.9 Å². The molecule has 1 aromatic carbocycles. The molecule has 0 aliphatic heterocycles. The summed E-state index contributed by atoms with van der Waals surface area (Å²) in [5.41, 5.74) is 5.68. The Morgan fingerprint density at radius 2 is 1.96 bits per heavy atom. The molecule has 0 bridgehead atoms. The summed E-state index contributed by atoms with van der Waals surface area (Å²) in [7, 11) is 3.02. The van der Waals surface area contributed by atoms with Gasteiger partial charge in [0.25, 0.3) is 5.91 Å². The van der Waals surface area contributed by atoms with E-state index in [-0.39, 0.29) is 11.0 Å². The number of halogens is 1. The van der Waals surface area contributed by atoms with Crippen LogP contribution < -0.4 is 25.6 Å². The van der Waals surface area contributed by atoms with Crippen LogP contribution in [0.25, 0.3) is 0 Å². The summed E-state index contributed by atoms with van der Waals surface area (Å²) in [4.78, 5) is 12.4. The molecule has 0 aliphatic carbocycles. The van der Waals surface area contributed by atoms with Gasteiger partial charge in [-0.3, -0.25) is 15.6 Å². The predicted octanol–water partition coefficient (Wildman–Crippen LogP) is 3.05. The molecule has 0 atom stereocenters. The van der Waals surface area contributed by atoms with Crippen LogP contribution in [0.2, 0.25) is 5.02 Å². The minimum Gasteiger partial charge on any atom is -0.495 e. The highest BCUT2D eigenvalue weighted by Crippen LogP contribution is 2.35. The van der Waals surface area contributed by atoms with Crippen molar-refractivity contribution in [3.63, 3.8) is 0 Å². The number of hydrazine groups is 1. The highest BCUT2D eigenvalue weighted by atomic mass is 35.5. The zero-order chi connectivity index (χ0) is 16.8. The smallest absolute Gasteiger partial charge is 0.279 e. The summed E-state index contributed by atoms with van der Waals surface area (Å²) in [5, 5.41) is 5.33. The zero-order valence-corrected chi connectivity index (χ0v) is 14.7. The topological polar surface area (TPSA) is 71.6 Å². The van der Waals surface area contributed by atoms with Crippen molar-refractivity contribution in [2.24, 2.45) is 0 Å². The van der Waals surface area contributed by atoms with Gasteiger partial charge in [-0.05, 0) is 23.7 Å². The molecule has 3 N–H and O–H groups in total. The maximum Gasteiger partial charge on any atom is 0.279 e. The van der Waals surface area contributed by atoms with E-state index >= 15 is 0 Å². The fourth-order valence-electron chi connectivity index (χ4n) is 1.69. The van der Waals surface area contributed by atoms with Gasteiger partial charge >= 0.3 is 0 Å². The van der Waals surface area contributed by atoms with E-state index in [9.17, 15) is 4.79 Å². The average Bonchev–Trinajstić information content (AvgIpc) is 3.08. The highest BCUT2D eigenvalue weighted by Gasteiger charge is 2.12. The number of rotatable bonds is 4. The molecule has 1 amide bonds. The Bertz CT molecular complexity index is 708. The van der Waals surface area contributed by atoms with Gasteiger partial charge < -0.3 is 14.8 Å². The molecule has 1 heterocycles. The van der Waals surface area contributed by atoms with Crippen molar-refractivity contribution in [3.05, 3.63) is 39.5 Å². The summed E-state index contributed by atoms with van der Waals surface area (Å²) in [6.45, 7) is 0. The van der Waals surface area contributed by atoms with Crippen molar-refractivity contribution in [2.75, 3.05) is 19.5 Å². The third-order valence-electron chi connectivity index (χ3n) is 2.76. The molecule has 6 nitrogen and oxygen atoms in total. The fourth-order valence-corrected chi connectivity index (χ4v) is 2.71. The number of nitrogens with one attached hydrogen (secondary N) is 3. The van der Waals surface area contributed by atoms with Gasteiger partial charge in [0.15, 0.2) is 5.11 Å². The molecule has 1 aromatic heterocycles. The third kappa shape index (κ3) is 4.47. The van der Waals surface area contributed by atoms with Gasteiger partial charge in [-0.1, -0.05) is 17.7 Å². The monoisotopic (exact) mass is 371 g/mol. The van der Waals surface area contributed by atoms with Gasteiger partial charge in [0.1, 0.15) is 11.5 Å². The molecule has 2 rings (SSSR count). The number of thiocarbonyl (C=S) groups is 1. The lowest BCUT2D eigenvalue weighted by Crippen LogP contribution is -2.43. The van der Waals surface area contributed by atoms with Crippen molar-refractivity contribution in [3.8, 4) is 11.5 Å². The Hall–Kier alpha value is -2.03. The highest BCUT2D eigenvalue weighted by molar-refractivity contribution is 7.80. The Morgan fingerprint density at radius 3 is 2.57 bits per heavy atom. The van der Waals surface area contributed by atoms with Crippen molar-refractivity contribution in [2.45, 2.75) is 0 Å². The molecular formula is C14H14ClN3O3S2. The molecule has 122 valence electrons. The molecule has 0 aliphatic rings. The number of anilines is 1. The predicted molar refractivity (Wildman–Crippen MR) is 95.7 cm³/mol. The van der Waals surface area contributed by atoms with Gasteiger partial charge in [0.2, 0.25) is 0 Å². The number of carbonyl (C=O) groups excluding carboxylic acids is 1. The van der Waals surface area contributed by atoms with Crippen LogP contribution in [0.5, 0.6) is 11.5 Å². The Labute approximate surface area is 147 Å². The molecule has 0 unspecified atom stereocenters. The quantitative estimate of drug-likeness (QED) is 0.566. The number of benzene rings is 1. The summed E-state index contributed by atoms with van der Waals surface area (Å²) >= 11 is 12.5. The lowest BCUT2D eigenvalue weighted by Gasteiger charge is -2.15. The number of methoxy groups -OCH3 is 2. The average molecular weight is 372 g/mol. The van der Waals surface area contributed by atoms with Gasteiger partial charge in [-0.2, -0.15) is 0 Å². The molecule has 0 radical (unpaired) electrons. The standard InChI is InChI=1S/C14H14ClN3O3S2/c1-20-10-7-9(11(21-2)6-8(10)15)16-14(22)18-17-13(19)12-4-3-5-23-12/h3-7H,1-2H3,(H,17,19)(H2,16,18,22). The van der Waals surface area contributed by atoms with Crippen LogP contribution in [-0.4, -0.2) is 25.2 Å².